The summed E-state index contributed by atoms with van der Waals surface area (Å²) in [4.78, 5) is 46.9. The van der Waals surface area contributed by atoms with E-state index >= 15 is 0 Å². The van der Waals surface area contributed by atoms with Crippen molar-refractivity contribution in [1.29, 1.82) is 0 Å². The molecule has 1 saturated heterocycles. The maximum absolute atomic E-state index is 12.9. The summed E-state index contributed by atoms with van der Waals surface area (Å²) in [6, 6.07) is 0. The van der Waals surface area contributed by atoms with Gasteiger partial charge in [0, 0.05) is 13.0 Å². The molecule has 214 valence electrons. The fourth-order valence-corrected chi connectivity index (χ4v) is 7.60. The molecule has 0 aliphatic carbocycles. The molecule has 0 spiro atoms. The molecule has 17 nitrogen and oxygen atoms in total. The second-order valence-corrected chi connectivity index (χ2v) is 14.6. The van der Waals surface area contributed by atoms with E-state index in [1.165, 1.54) is 23.4 Å². The van der Waals surface area contributed by atoms with E-state index in [0.717, 1.165) is 0 Å². The minimum atomic E-state index is -3.94. The molecule has 6 rings (SSSR count). The van der Waals surface area contributed by atoms with Crippen LogP contribution in [0.25, 0.3) is 22.3 Å². The van der Waals surface area contributed by atoms with E-state index < -0.39 is 43.6 Å². The first-order valence-electron chi connectivity index (χ1n) is 11.8. The first kappa shape index (κ1) is 27.8. The molecule has 4 aromatic rings. The van der Waals surface area contributed by atoms with E-state index in [4.69, 9.17) is 40.4 Å². The molecule has 0 amide bonds. The topological polar surface area (TPSA) is 217 Å². The lowest BCUT2D eigenvalue weighted by Gasteiger charge is -2.26. The highest BCUT2D eigenvalue weighted by atomic mass is 32.7. The summed E-state index contributed by atoms with van der Waals surface area (Å²) in [5.74, 6) is 0.224. The number of nitrogens with two attached hydrogens (primary N) is 1. The molecule has 2 bridgehead atoms. The molecule has 0 aromatic carbocycles. The summed E-state index contributed by atoms with van der Waals surface area (Å²) >= 11 is 9.48. The molecule has 0 saturated carbocycles. The van der Waals surface area contributed by atoms with Gasteiger partial charge in [0.2, 0.25) is 5.95 Å². The Morgan fingerprint density at radius 3 is 2.90 bits per heavy atom. The number of H-pyrrole nitrogens is 1. The summed E-state index contributed by atoms with van der Waals surface area (Å²) in [5.41, 5.74) is 6.27. The van der Waals surface area contributed by atoms with Crippen LogP contribution in [-0.2, 0) is 45.7 Å². The number of thiol groups is 1. The maximum Gasteiger partial charge on any atom is 0.386 e. The highest BCUT2D eigenvalue weighted by molar-refractivity contribution is 8.44. The zero-order valence-electron chi connectivity index (χ0n) is 20.6. The van der Waals surface area contributed by atoms with Gasteiger partial charge in [-0.25, -0.2) is 24.5 Å². The van der Waals surface area contributed by atoms with E-state index in [-0.39, 0.29) is 43.3 Å². The van der Waals surface area contributed by atoms with Gasteiger partial charge in [-0.2, -0.15) is 4.98 Å². The van der Waals surface area contributed by atoms with Crippen molar-refractivity contribution in [2.45, 2.75) is 44.4 Å². The monoisotopic (exact) mass is 631 g/mol. The lowest BCUT2D eigenvalue weighted by molar-refractivity contribution is -0.0454. The van der Waals surface area contributed by atoms with Crippen molar-refractivity contribution in [3.05, 3.63) is 35.0 Å². The number of fused-ring (bicyclic) bond motifs is 6. The molecule has 6 atom stereocenters. The number of anilines is 1. The van der Waals surface area contributed by atoms with Crippen LogP contribution >= 0.6 is 25.8 Å². The van der Waals surface area contributed by atoms with Crippen LogP contribution in [-0.4, -0.2) is 69.4 Å². The summed E-state index contributed by atoms with van der Waals surface area (Å²) in [6.07, 6.45) is 0.855. The van der Waals surface area contributed by atoms with Gasteiger partial charge < -0.3 is 24.5 Å². The highest BCUT2D eigenvalue weighted by Crippen LogP contribution is 2.55. The predicted octanol–water partition coefficient (Wildman–Crippen LogP) is 1.59. The fourth-order valence-electron chi connectivity index (χ4n) is 4.62. The minimum Gasteiger partial charge on any atom is -0.369 e. The normalized spacial score (nSPS) is 32.1. The predicted molar refractivity (Wildman–Crippen MR) is 146 cm³/mol. The van der Waals surface area contributed by atoms with Crippen molar-refractivity contribution < 1.29 is 32.3 Å². The molecule has 0 radical (unpaired) electrons. The van der Waals surface area contributed by atoms with E-state index in [2.05, 4.69) is 42.2 Å². The zero-order chi connectivity index (χ0) is 28.2. The van der Waals surface area contributed by atoms with Crippen LogP contribution in [0.3, 0.4) is 0 Å². The average molecular weight is 632 g/mol. The maximum atomic E-state index is 12.9. The number of rotatable bonds is 1. The van der Waals surface area contributed by atoms with Crippen LogP contribution < -0.4 is 11.3 Å². The van der Waals surface area contributed by atoms with Gasteiger partial charge in [0.1, 0.15) is 29.9 Å². The molecular formula is C19H23N9O8P2S2. The summed E-state index contributed by atoms with van der Waals surface area (Å²) in [5, 5.41) is 0. The molecular weight excluding hydrogens is 608 g/mol. The number of hydrogen-bond acceptors (Lipinski definition) is 14. The number of ether oxygens (including phenoxy) is 1. The smallest absolute Gasteiger partial charge is 0.369 e. The Kier molecular flexibility index (Phi) is 7.31. The average Bonchev–Trinajstić information content (AvgIpc) is 3.57. The molecule has 4 aromatic heterocycles. The molecule has 40 heavy (non-hydrogen) atoms. The number of nitrogen functional groups attached to an aromatic ring is 1. The molecule has 6 heterocycles. The third-order valence-corrected chi connectivity index (χ3v) is 9.54. The quantitative estimate of drug-likeness (QED) is 0.173. The van der Waals surface area contributed by atoms with Crippen LogP contribution in [0.2, 0.25) is 0 Å². The second-order valence-electron chi connectivity index (χ2n) is 8.97. The van der Waals surface area contributed by atoms with Crippen LogP contribution in [0.4, 0.5) is 5.95 Å². The van der Waals surface area contributed by atoms with Gasteiger partial charge in [-0.05, 0) is 18.7 Å². The van der Waals surface area contributed by atoms with Crippen molar-refractivity contribution in [3.63, 3.8) is 0 Å². The molecule has 2 aliphatic heterocycles. The van der Waals surface area contributed by atoms with Gasteiger partial charge in [0.05, 0.1) is 31.8 Å². The van der Waals surface area contributed by atoms with Gasteiger partial charge in [0.15, 0.2) is 23.0 Å². The van der Waals surface area contributed by atoms with Crippen molar-refractivity contribution in [2.24, 2.45) is 0 Å². The SMILES string of the molecule is C[C@H]1OP(O)(=S)O[C@@H]2C[C@@H](COP(=O)(S)OCCn3c1nc1cncnc13)O[C@H]2n1cnc2c(=O)[nH]c(N)nc21. The Morgan fingerprint density at radius 1 is 1.25 bits per heavy atom. The van der Waals surface area contributed by atoms with Crippen molar-refractivity contribution in [1.82, 2.24) is 39.0 Å². The molecule has 4 N–H and O–H groups in total. The first-order valence-corrected chi connectivity index (χ1v) is 17.1. The number of imidazole rings is 2. The summed E-state index contributed by atoms with van der Waals surface area (Å²) in [6.45, 7) is -6.22. The van der Waals surface area contributed by atoms with Crippen molar-refractivity contribution in [2.75, 3.05) is 18.9 Å². The molecule has 1 fully saturated rings. The number of aromatic nitrogens is 8. The second kappa shape index (κ2) is 10.5. The fraction of sp³-hybridized carbons (Fsp3) is 0.474. The Hall–Kier alpha value is -2.31. The molecule has 2 aliphatic rings. The van der Waals surface area contributed by atoms with Gasteiger partial charge in [-0.1, -0.05) is 12.2 Å². The van der Waals surface area contributed by atoms with Gasteiger partial charge in [-0.15, -0.1) is 0 Å². The Balaban J connectivity index is 1.38. The van der Waals surface area contributed by atoms with E-state index in [1.54, 1.807) is 11.5 Å². The summed E-state index contributed by atoms with van der Waals surface area (Å²) in [7, 11) is 0. The van der Waals surface area contributed by atoms with E-state index in [9.17, 15) is 14.3 Å². The van der Waals surface area contributed by atoms with E-state index in [1.807, 2.05) is 0 Å². The van der Waals surface area contributed by atoms with Crippen LogP contribution in [0.1, 0.15) is 31.5 Å². The Bertz CT molecular complexity index is 1750. The Labute approximate surface area is 235 Å². The first-order chi connectivity index (χ1) is 19.0. The van der Waals surface area contributed by atoms with Crippen LogP contribution in [0.5, 0.6) is 0 Å². The van der Waals surface area contributed by atoms with Crippen molar-refractivity contribution in [3.8, 4) is 0 Å². The van der Waals surface area contributed by atoms with Gasteiger partial charge in [-0.3, -0.25) is 27.9 Å². The largest absolute Gasteiger partial charge is 0.386 e. The third kappa shape index (κ3) is 5.46. The third-order valence-electron chi connectivity index (χ3n) is 6.23. The van der Waals surface area contributed by atoms with Gasteiger partial charge >= 0.3 is 13.5 Å². The standard InChI is InChI=1S/C19H23N9O8P2S2/c1-9-14-24-11-5-21-7-22-15(11)27(14)2-3-32-37(30,39)33-6-10-4-12(36-38(31,40)35-9)18(34-10)28-8-23-13-16(28)25-19(20)26-17(13)29/h5,7-10,12,18H,2-4,6H2,1H3,(H,30,39)(H,31,40)(H3,20,25,26,29)/t9-,10+,12-,18-,37?,38?/m1/s1. The number of nitrogens with zero attached hydrogens (tertiary/aromatic N) is 7. The van der Waals surface area contributed by atoms with E-state index in [0.29, 0.717) is 17.0 Å². The lowest BCUT2D eigenvalue weighted by atomic mass is 10.2. The number of aromatic amines is 1. The number of hydrogen-bond donors (Lipinski definition) is 4. The van der Waals surface area contributed by atoms with Crippen LogP contribution in [0, 0.1) is 0 Å². The van der Waals surface area contributed by atoms with Gasteiger partial charge in [0.25, 0.3) is 5.56 Å². The van der Waals surface area contributed by atoms with Crippen molar-refractivity contribution >= 4 is 65.8 Å². The molecule has 2 unspecified atom stereocenters. The highest BCUT2D eigenvalue weighted by Gasteiger charge is 2.43. The zero-order valence-corrected chi connectivity index (χ0v) is 24.1. The minimum absolute atomic E-state index is 0.0157. The number of nitrogens with one attached hydrogen (secondary N) is 1. The lowest BCUT2D eigenvalue weighted by Crippen LogP contribution is -2.23. The molecule has 21 heteroatoms. The summed E-state index contributed by atoms with van der Waals surface area (Å²) < 4.78 is 45.0. The Morgan fingerprint density at radius 2 is 2.08 bits per heavy atom. The van der Waals surface area contributed by atoms with Crippen LogP contribution in [0.15, 0.2) is 23.6 Å².